The molecule has 3 nitrogen and oxygen atoms in total. The van der Waals surface area contributed by atoms with Crippen LogP contribution in [-0.4, -0.2) is 36.5 Å². The molecule has 0 aromatic carbocycles. The normalized spacial score (nSPS) is 36.2. The molecule has 2 unspecified atom stereocenters. The Kier molecular flexibility index (Phi) is 4.00. The number of nitrogens with one attached hydrogen (secondary N) is 1. The van der Waals surface area contributed by atoms with Crippen molar-refractivity contribution in [3.8, 4) is 0 Å². The first kappa shape index (κ1) is 11.4. The van der Waals surface area contributed by atoms with Gasteiger partial charge in [0.05, 0.1) is 12.7 Å². The third kappa shape index (κ3) is 2.92. The van der Waals surface area contributed by atoms with Crippen molar-refractivity contribution in [1.82, 2.24) is 5.32 Å². The fraction of sp³-hybridized carbons (Fsp3) is 1.00. The zero-order chi connectivity index (χ0) is 10.6. The van der Waals surface area contributed by atoms with Gasteiger partial charge >= 0.3 is 0 Å². The summed E-state index contributed by atoms with van der Waals surface area (Å²) in [5.74, 6) is 0. The molecule has 0 saturated carbocycles. The Labute approximate surface area is 92.2 Å². The highest BCUT2D eigenvalue weighted by molar-refractivity contribution is 4.92. The van der Waals surface area contributed by atoms with Gasteiger partial charge in [-0.05, 0) is 51.5 Å². The lowest BCUT2D eigenvalue weighted by Crippen LogP contribution is -2.43. The van der Waals surface area contributed by atoms with Crippen LogP contribution in [0, 0.1) is 0 Å². The molecule has 2 rings (SSSR count). The average Bonchev–Trinajstić information content (AvgIpc) is 2.89. The fourth-order valence-corrected chi connectivity index (χ4v) is 2.84. The van der Waals surface area contributed by atoms with E-state index in [-0.39, 0.29) is 5.54 Å². The average molecular weight is 213 g/mol. The standard InChI is InChI=1S/C12H23NO2/c14-10-12(7-3-8-13-12)6-1-4-11-5-2-9-15-11/h11,13-14H,1-10H2. The number of ether oxygens (including phenoxy) is 1. The third-order valence-electron chi connectivity index (χ3n) is 3.84. The van der Waals surface area contributed by atoms with Crippen LogP contribution in [0.3, 0.4) is 0 Å². The van der Waals surface area contributed by atoms with Gasteiger partial charge in [0, 0.05) is 12.1 Å². The minimum atomic E-state index is 0.0403. The summed E-state index contributed by atoms with van der Waals surface area (Å²) < 4.78 is 5.60. The predicted octanol–water partition coefficient (Wildman–Crippen LogP) is 1.45. The summed E-state index contributed by atoms with van der Waals surface area (Å²) in [4.78, 5) is 0. The third-order valence-corrected chi connectivity index (χ3v) is 3.84. The van der Waals surface area contributed by atoms with Gasteiger partial charge in [-0.1, -0.05) is 0 Å². The summed E-state index contributed by atoms with van der Waals surface area (Å²) in [5, 5.41) is 12.9. The Morgan fingerprint density at radius 1 is 1.40 bits per heavy atom. The number of rotatable bonds is 5. The quantitative estimate of drug-likeness (QED) is 0.726. The van der Waals surface area contributed by atoms with E-state index in [1.807, 2.05) is 0 Å². The van der Waals surface area contributed by atoms with Gasteiger partial charge in [-0.15, -0.1) is 0 Å². The van der Waals surface area contributed by atoms with Crippen molar-refractivity contribution in [2.24, 2.45) is 0 Å². The molecule has 15 heavy (non-hydrogen) atoms. The highest BCUT2D eigenvalue weighted by Crippen LogP contribution is 2.26. The van der Waals surface area contributed by atoms with Gasteiger partial charge < -0.3 is 15.2 Å². The van der Waals surface area contributed by atoms with E-state index < -0.39 is 0 Å². The van der Waals surface area contributed by atoms with Crippen molar-refractivity contribution in [2.45, 2.75) is 56.6 Å². The van der Waals surface area contributed by atoms with Crippen molar-refractivity contribution < 1.29 is 9.84 Å². The van der Waals surface area contributed by atoms with E-state index in [1.54, 1.807) is 0 Å². The Morgan fingerprint density at radius 2 is 2.33 bits per heavy atom. The Balaban J connectivity index is 1.67. The molecule has 0 spiro atoms. The predicted molar refractivity (Wildman–Crippen MR) is 59.9 cm³/mol. The van der Waals surface area contributed by atoms with Crippen LogP contribution in [0.2, 0.25) is 0 Å². The van der Waals surface area contributed by atoms with E-state index in [4.69, 9.17) is 4.74 Å². The van der Waals surface area contributed by atoms with Crippen LogP contribution < -0.4 is 5.32 Å². The molecule has 2 heterocycles. The maximum atomic E-state index is 9.41. The first-order valence-corrected chi connectivity index (χ1v) is 6.32. The number of aliphatic hydroxyl groups excluding tert-OH is 1. The van der Waals surface area contributed by atoms with Crippen LogP contribution in [-0.2, 0) is 4.74 Å². The van der Waals surface area contributed by atoms with Crippen molar-refractivity contribution in [3.63, 3.8) is 0 Å². The molecule has 2 saturated heterocycles. The fourth-order valence-electron chi connectivity index (χ4n) is 2.84. The lowest BCUT2D eigenvalue weighted by atomic mass is 9.91. The van der Waals surface area contributed by atoms with E-state index in [2.05, 4.69) is 5.32 Å². The molecule has 3 heteroatoms. The van der Waals surface area contributed by atoms with Gasteiger partial charge in [0.2, 0.25) is 0 Å². The van der Waals surface area contributed by atoms with E-state index in [1.165, 1.54) is 32.1 Å². The van der Waals surface area contributed by atoms with E-state index in [0.717, 1.165) is 26.0 Å². The van der Waals surface area contributed by atoms with E-state index in [9.17, 15) is 5.11 Å². The molecular weight excluding hydrogens is 190 g/mol. The molecule has 0 aliphatic carbocycles. The van der Waals surface area contributed by atoms with Crippen LogP contribution in [0.25, 0.3) is 0 Å². The Morgan fingerprint density at radius 3 is 2.93 bits per heavy atom. The van der Waals surface area contributed by atoms with Gasteiger partial charge in [-0.2, -0.15) is 0 Å². The molecule has 2 aliphatic rings. The summed E-state index contributed by atoms with van der Waals surface area (Å²) in [6.45, 7) is 2.31. The van der Waals surface area contributed by atoms with E-state index >= 15 is 0 Å². The van der Waals surface area contributed by atoms with Gasteiger partial charge in [0.25, 0.3) is 0 Å². The highest BCUT2D eigenvalue weighted by Gasteiger charge is 2.32. The molecule has 2 N–H and O–H groups in total. The Bertz CT molecular complexity index is 184. The lowest BCUT2D eigenvalue weighted by molar-refractivity contribution is 0.0957. The summed E-state index contributed by atoms with van der Waals surface area (Å²) >= 11 is 0. The molecule has 0 bridgehead atoms. The molecular formula is C12H23NO2. The lowest BCUT2D eigenvalue weighted by Gasteiger charge is -2.27. The van der Waals surface area contributed by atoms with Crippen LogP contribution >= 0.6 is 0 Å². The zero-order valence-corrected chi connectivity index (χ0v) is 9.50. The van der Waals surface area contributed by atoms with Crippen LogP contribution in [0.15, 0.2) is 0 Å². The van der Waals surface area contributed by atoms with Crippen LogP contribution in [0.5, 0.6) is 0 Å². The van der Waals surface area contributed by atoms with Gasteiger partial charge in [-0.25, -0.2) is 0 Å². The van der Waals surface area contributed by atoms with E-state index in [0.29, 0.717) is 12.7 Å². The summed E-state index contributed by atoms with van der Waals surface area (Å²) in [6, 6.07) is 0. The first-order valence-electron chi connectivity index (χ1n) is 6.32. The molecule has 0 aromatic rings. The van der Waals surface area contributed by atoms with Crippen molar-refractivity contribution in [1.29, 1.82) is 0 Å². The van der Waals surface area contributed by atoms with Gasteiger partial charge in [0.15, 0.2) is 0 Å². The number of aliphatic hydroxyl groups is 1. The zero-order valence-electron chi connectivity index (χ0n) is 9.50. The van der Waals surface area contributed by atoms with Gasteiger partial charge in [-0.3, -0.25) is 0 Å². The molecule has 0 amide bonds. The maximum absolute atomic E-state index is 9.41. The second-order valence-electron chi connectivity index (χ2n) is 5.00. The number of hydrogen-bond donors (Lipinski definition) is 2. The highest BCUT2D eigenvalue weighted by atomic mass is 16.5. The molecule has 2 atom stereocenters. The second kappa shape index (κ2) is 5.28. The minimum Gasteiger partial charge on any atom is -0.394 e. The topological polar surface area (TPSA) is 41.5 Å². The molecule has 0 radical (unpaired) electrons. The largest absolute Gasteiger partial charge is 0.394 e. The monoisotopic (exact) mass is 213 g/mol. The smallest absolute Gasteiger partial charge is 0.0613 e. The van der Waals surface area contributed by atoms with Crippen molar-refractivity contribution in [3.05, 3.63) is 0 Å². The first-order chi connectivity index (χ1) is 7.35. The maximum Gasteiger partial charge on any atom is 0.0613 e. The van der Waals surface area contributed by atoms with Crippen LogP contribution in [0.1, 0.15) is 44.9 Å². The molecule has 88 valence electrons. The minimum absolute atomic E-state index is 0.0403. The SMILES string of the molecule is OCC1(CCCC2CCCO2)CCCN1. The number of hydrogen-bond acceptors (Lipinski definition) is 3. The second-order valence-corrected chi connectivity index (χ2v) is 5.00. The summed E-state index contributed by atoms with van der Waals surface area (Å²) in [7, 11) is 0. The summed E-state index contributed by atoms with van der Waals surface area (Å²) in [5.41, 5.74) is 0.0403. The van der Waals surface area contributed by atoms with Crippen LogP contribution in [0.4, 0.5) is 0 Å². The van der Waals surface area contributed by atoms with Crippen molar-refractivity contribution in [2.75, 3.05) is 19.8 Å². The van der Waals surface area contributed by atoms with Gasteiger partial charge in [0.1, 0.15) is 0 Å². The molecule has 0 aromatic heterocycles. The Hall–Kier alpha value is -0.120. The molecule has 2 aliphatic heterocycles. The molecule has 2 fully saturated rings. The van der Waals surface area contributed by atoms with Crippen molar-refractivity contribution >= 4 is 0 Å². The summed E-state index contributed by atoms with van der Waals surface area (Å²) in [6.07, 6.45) is 8.76.